The average molecular weight is 277 g/mol. The van der Waals surface area contributed by atoms with Gasteiger partial charge in [-0.15, -0.1) is 6.58 Å². The fourth-order valence-corrected chi connectivity index (χ4v) is 3.83. The Bertz CT molecular complexity index is 549. The maximum absolute atomic E-state index is 12.2. The summed E-state index contributed by atoms with van der Waals surface area (Å²) in [4.78, 5) is 12.2. The van der Waals surface area contributed by atoms with E-state index in [1.807, 2.05) is 6.08 Å². The predicted molar refractivity (Wildman–Crippen MR) is 78.2 cm³/mol. The molecule has 1 aromatic heterocycles. The fourth-order valence-electron chi connectivity index (χ4n) is 3.83. The van der Waals surface area contributed by atoms with Crippen LogP contribution in [-0.4, -0.2) is 15.0 Å². The van der Waals surface area contributed by atoms with Crippen molar-refractivity contribution in [2.45, 2.75) is 39.0 Å². The molecule has 4 nitrogen and oxygen atoms in total. The van der Waals surface area contributed by atoms with Crippen molar-refractivity contribution in [1.82, 2.24) is 4.73 Å². The van der Waals surface area contributed by atoms with Gasteiger partial charge in [0, 0.05) is 6.07 Å². The Kier molecular flexibility index (Phi) is 4.21. The number of aromatic hydroxyl groups is 1. The van der Waals surface area contributed by atoms with Gasteiger partial charge in [0.1, 0.15) is 5.75 Å². The summed E-state index contributed by atoms with van der Waals surface area (Å²) >= 11 is 0. The van der Waals surface area contributed by atoms with Gasteiger partial charge in [-0.2, -0.15) is 4.73 Å². The molecule has 20 heavy (non-hydrogen) atoms. The SMILES string of the molecule is C=CCC1CC(C)CC(C)C1c1c(O)ccn(O)c1=O. The van der Waals surface area contributed by atoms with E-state index in [4.69, 9.17) is 0 Å². The molecule has 0 aromatic carbocycles. The van der Waals surface area contributed by atoms with Crippen molar-refractivity contribution in [2.24, 2.45) is 17.8 Å². The molecule has 0 spiro atoms. The number of aromatic nitrogens is 1. The van der Waals surface area contributed by atoms with E-state index >= 15 is 0 Å². The molecule has 0 bridgehead atoms. The van der Waals surface area contributed by atoms with Crippen molar-refractivity contribution < 1.29 is 10.3 Å². The largest absolute Gasteiger partial charge is 0.507 e. The summed E-state index contributed by atoms with van der Waals surface area (Å²) in [6.07, 6.45) is 5.91. The van der Waals surface area contributed by atoms with E-state index in [1.165, 1.54) is 12.3 Å². The minimum atomic E-state index is -0.509. The normalized spacial score (nSPS) is 30.1. The molecule has 0 aliphatic heterocycles. The summed E-state index contributed by atoms with van der Waals surface area (Å²) in [5, 5.41) is 19.7. The lowest BCUT2D eigenvalue weighted by Crippen LogP contribution is -2.34. The van der Waals surface area contributed by atoms with Gasteiger partial charge in [0.05, 0.1) is 11.8 Å². The predicted octanol–water partition coefficient (Wildman–Crippen LogP) is 3.13. The molecule has 0 amide bonds. The van der Waals surface area contributed by atoms with E-state index < -0.39 is 5.56 Å². The molecular weight excluding hydrogens is 254 g/mol. The zero-order valence-corrected chi connectivity index (χ0v) is 12.1. The monoisotopic (exact) mass is 277 g/mol. The molecule has 1 saturated carbocycles. The zero-order valence-electron chi connectivity index (χ0n) is 12.1. The highest BCUT2D eigenvalue weighted by molar-refractivity contribution is 5.34. The van der Waals surface area contributed by atoms with Crippen LogP contribution >= 0.6 is 0 Å². The first-order chi connectivity index (χ1) is 9.45. The first kappa shape index (κ1) is 14.7. The Morgan fingerprint density at radius 1 is 1.45 bits per heavy atom. The second-order valence-electron chi connectivity index (χ2n) is 6.13. The zero-order chi connectivity index (χ0) is 14.9. The van der Waals surface area contributed by atoms with Gasteiger partial charge in [-0.3, -0.25) is 4.79 Å². The fraction of sp³-hybridized carbons (Fsp3) is 0.562. The van der Waals surface area contributed by atoms with E-state index in [9.17, 15) is 15.1 Å². The van der Waals surface area contributed by atoms with Crippen LogP contribution in [0.4, 0.5) is 0 Å². The number of allylic oxidation sites excluding steroid dienone is 1. The third-order valence-electron chi connectivity index (χ3n) is 4.49. The molecule has 1 heterocycles. The minimum Gasteiger partial charge on any atom is -0.507 e. The van der Waals surface area contributed by atoms with Crippen molar-refractivity contribution in [3.63, 3.8) is 0 Å². The third-order valence-corrected chi connectivity index (χ3v) is 4.49. The summed E-state index contributed by atoms with van der Waals surface area (Å²) in [6, 6.07) is 1.38. The number of rotatable bonds is 3. The van der Waals surface area contributed by atoms with Crippen molar-refractivity contribution in [3.05, 3.63) is 40.8 Å². The molecule has 4 atom stereocenters. The highest BCUT2D eigenvalue weighted by Crippen LogP contribution is 2.46. The molecule has 1 fully saturated rings. The smallest absolute Gasteiger partial charge is 0.290 e. The van der Waals surface area contributed by atoms with E-state index in [0.717, 1.165) is 19.3 Å². The van der Waals surface area contributed by atoms with Gasteiger partial charge in [0.25, 0.3) is 5.56 Å². The number of nitrogens with zero attached hydrogens (tertiary/aromatic N) is 1. The second kappa shape index (κ2) is 5.73. The summed E-state index contributed by atoms with van der Waals surface area (Å²) in [6.45, 7) is 8.14. The van der Waals surface area contributed by atoms with Crippen LogP contribution in [0.3, 0.4) is 0 Å². The van der Waals surface area contributed by atoms with Crippen molar-refractivity contribution in [1.29, 1.82) is 0 Å². The van der Waals surface area contributed by atoms with Gasteiger partial charge >= 0.3 is 0 Å². The molecule has 0 saturated heterocycles. The van der Waals surface area contributed by atoms with Gasteiger partial charge in [-0.05, 0) is 42.9 Å². The lowest BCUT2D eigenvalue weighted by molar-refractivity contribution is 0.155. The van der Waals surface area contributed by atoms with Gasteiger partial charge in [-0.1, -0.05) is 19.9 Å². The van der Waals surface area contributed by atoms with Crippen LogP contribution in [0.1, 0.15) is 44.6 Å². The van der Waals surface area contributed by atoms with Crippen LogP contribution in [0.5, 0.6) is 5.75 Å². The van der Waals surface area contributed by atoms with Crippen LogP contribution in [0.15, 0.2) is 29.7 Å². The van der Waals surface area contributed by atoms with Crippen LogP contribution < -0.4 is 5.56 Å². The Morgan fingerprint density at radius 3 is 2.80 bits per heavy atom. The maximum Gasteiger partial charge on any atom is 0.290 e. The lowest BCUT2D eigenvalue weighted by Gasteiger charge is -2.39. The topological polar surface area (TPSA) is 62.5 Å². The van der Waals surface area contributed by atoms with Crippen LogP contribution in [0.25, 0.3) is 0 Å². The Labute approximate surface area is 119 Å². The van der Waals surface area contributed by atoms with Crippen molar-refractivity contribution in [3.8, 4) is 5.75 Å². The van der Waals surface area contributed by atoms with Crippen LogP contribution in [0.2, 0.25) is 0 Å². The van der Waals surface area contributed by atoms with E-state index in [0.29, 0.717) is 22.1 Å². The van der Waals surface area contributed by atoms with E-state index in [1.54, 1.807) is 0 Å². The number of hydrogen-bond acceptors (Lipinski definition) is 3. The third kappa shape index (κ3) is 2.60. The second-order valence-corrected chi connectivity index (χ2v) is 6.13. The van der Waals surface area contributed by atoms with Gasteiger partial charge in [0.15, 0.2) is 0 Å². The summed E-state index contributed by atoms with van der Waals surface area (Å²) < 4.78 is 0.560. The van der Waals surface area contributed by atoms with Crippen molar-refractivity contribution in [2.75, 3.05) is 0 Å². The quantitative estimate of drug-likeness (QED) is 0.659. The molecule has 4 heteroatoms. The molecule has 1 aromatic rings. The number of pyridine rings is 1. The number of hydrogen-bond donors (Lipinski definition) is 2. The lowest BCUT2D eigenvalue weighted by atomic mass is 9.65. The van der Waals surface area contributed by atoms with Gasteiger partial charge < -0.3 is 10.3 Å². The van der Waals surface area contributed by atoms with E-state index in [2.05, 4.69) is 20.4 Å². The maximum atomic E-state index is 12.2. The molecule has 2 N–H and O–H groups in total. The molecule has 4 unspecified atom stereocenters. The highest BCUT2D eigenvalue weighted by atomic mass is 16.5. The molecule has 0 radical (unpaired) electrons. The standard InChI is InChI=1S/C16H23NO3/c1-4-5-12-9-10(2)8-11(3)14(12)15-13(18)6-7-17(20)16(15)19/h4,6-7,10-12,14,18,20H,1,5,8-9H2,2-3H3. The minimum absolute atomic E-state index is 0.0132. The Balaban J connectivity index is 2.50. The Morgan fingerprint density at radius 2 is 2.15 bits per heavy atom. The van der Waals surface area contributed by atoms with Crippen molar-refractivity contribution >= 4 is 0 Å². The molecule has 2 rings (SSSR count). The van der Waals surface area contributed by atoms with Crippen LogP contribution in [0, 0.1) is 17.8 Å². The summed E-state index contributed by atoms with van der Waals surface area (Å²) in [5.74, 6) is 1.14. The van der Waals surface area contributed by atoms with Crippen LogP contribution in [-0.2, 0) is 0 Å². The summed E-state index contributed by atoms with van der Waals surface area (Å²) in [7, 11) is 0. The Hall–Kier alpha value is -1.71. The average Bonchev–Trinajstić information content (AvgIpc) is 2.37. The molecular formula is C16H23NO3. The van der Waals surface area contributed by atoms with Gasteiger partial charge in [0.2, 0.25) is 0 Å². The summed E-state index contributed by atoms with van der Waals surface area (Å²) in [5.41, 5.74) is -0.160. The molecule has 1 aliphatic rings. The highest BCUT2D eigenvalue weighted by Gasteiger charge is 2.37. The van der Waals surface area contributed by atoms with Gasteiger partial charge in [-0.25, -0.2) is 0 Å². The molecule has 110 valence electrons. The molecule has 1 aliphatic carbocycles. The first-order valence-corrected chi connectivity index (χ1v) is 7.20. The first-order valence-electron chi connectivity index (χ1n) is 7.20. The van der Waals surface area contributed by atoms with E-state index in [-0.39, 0.29) is 17.6 Å².